The van der Waals surface area contributed by atoms with E-state index in [1.807, 2.05) is 72.8 Å². The van der Waals surface area contributed by atoms with Crippen LogP contribution >= 0.6 is 0 Å². The van der Waals surface area contributed by atoms with Crippen LogP contribution in [-0.2, 0) is 4.84 Å². The van der Waals surface area contributed by atoms with Gasteiger partial charge >= 0.3 is 0 Å². The van der Waals surface area contributed by atoms with Crippen LogP contribution in [0.4, 0.5) is 0 Å². The van der Waals surface area contributed by atoms with Gasteiger partial charge in [0.05, 0.1) is 0 Å². The van der Waals surface area contributed by atoms with Crippen LogP contribution in [0.5, 0.6) is 0 Å². The van der Waals surface area contributed by atoms with E-state index in [-0.39, 0.29) is 0 Å². The second-order valence-corrected chi connectivity index (χ2v) is 3.77. The van der Waals surface area contributed by atoms with Crippen molar-refractivity contribution in [2.24, 2.45) is 5.16 Å². The monoisotopic (exact) mass is 237 g/mol. The molecule has 2 aromatic carbocycles. The maximum absolute atomic E-state index is 4.88. The molecule has 2 nitrogen and oxygen atoms in total. The standard InChI is InChI=1S/C16H15NO/c1-18-17-16(15-10-6-3-7-11-15)13-12-14-8-4-2-5-9-14/h2-13H,1H3/b13-12+,17-16-. The fourth-order valence-corrected chi connectivity index (χ4v) is 1.63. The van der Waals surface area contributed by atoms with E-state index in [2.05, 4.69) is 5.16 Å². The molecule has 18 heavy (non-hydrogen) atoms. The van der Waals surface area contributed by atoms with Crippen molar-refractivity contribution in [3.8, 4) is 0 Å². The minimum Gasteiger partial charge on any atom is -0.399 e. The average Bonchev–Trinajstić information content (AvgIpc) is 2.45. The van der Waals surface area contributed by atoms with Crippen LogP contribution in [0.3, 0.4) is 0 Å². The minimum atomic E-state index is 0.807. The van der Waals surface area contributed by atoms with E-state index in [4.69, 9.17) is 4.84 Å². The van der Waals surface area contributed by atoms with Crippen molar-refractivity contribution in [3.05, 3.63) is 77.9 Å². The largest absolute Gasteiger partial charge is 0.399 e. The molecular formula is C16H15NO. The van der Waals surface area contributed by atoms with Gasteiger partial charge in [-0.15, -0.1) is 0 Å². The Balaban J connectivity index is 2.23. The van der Waals surface area contributed by atoms with E-state index in [1.54, 1.807) is 7.11 Å². The Labute approximate surface area is 107 Å². The van der Waals surface area contributed by atoms with Gasteiger partial charge in [-0.25, -0.2) is 0 Å². The van der Waals surface area contributed by atoms with Crippen molar-refractivity contribution in [3.63, 3.8) is 0 Å². The van der Waals surface area contributed by atoms with Gasteiger partial charge in [-0.2, -0.15) is 0 Å². The molecule has 0 saturated heterocycles. The molecule has 0 aliphatic carbocycles. The highest BCUT2D eigenvalue weighted by Gasteiger charge is 1.98. The molecule has 0 spiro atoms. The molecule has 0 heterocycles. The maximum atomic E-state index is 4.88. The van der Waals surface area contributed by atoms with Crippen LogP contribution in [0, 0.1) is 0 Å². The van der Waals surface area contributed by atoms with Crippen molar-refractivity contribution in [1.29, 1.82) is 0 Å². The number of allylic oxidation sites excluding steroid dienone is 1. The van der Waals surface area contributed by atoms with Crippen LogP contribution in [-0.4, -0.2) is 12.8 Å². The molecule has 0 saturated carbocycles. The number of oxime groups is 1. The summed E-state index contributed by atoms with van der Waals surface area (Å²) in [5.74, 6) is 0. The maximum Gasteiger partial charge on any atom is 0.110 e. The lowest BCUT2D eigenvalue weighted by Crippen LogP contribution is -1.96. The minimum absolute atomic E-state index is 0.807. The zero-order valence-corrected chi connectivity index (χ0v) is 10.3. The first-order valence-electron chi connectivity index (χ1n) is 5.80. The van der Waals surface area contributed by atoms with Gasteiger partial charge in [0.1, 0.15) is 12.8 Å². The van der Waals surface area contributed by atoms with Crippen LogP contribution in [0.2, 0.25) is 0 Å². The summed E-state index contributed by atoms with van der Waals surface area (Å²) >= 11 is 0. The Morgan fingerprint density at radius 3 is 2.17 bits per heavy atom. The van der Waals surface area contributed by atoms with Crippen LogP contribution in [0.1, 0.15) is 11.1 Å². The fourth-order valence-electron chi connectivity index (χ4n) is 1.63. The first-order chi connectivity index (χ1) is 8.90. The normalized spacial score (nSPS) is 11.7. The summed E-state index contributed by atoms with van der Waals surface area (Å²) in [6, 6.07) is 20.1. The van der Waals surface area contributed by atoms with Gasteiger partial charge in [-0.05, 0) is 11.6 Å². The SMILES string of the molecule is CO/N=C(/C=C/c1ccccc1)c1ccccc1. The van der Waals surface area contributed by atoms with Gasteiger partial charge in [0.2, 0.25) is 0 Å². The van der Waals surface area contributed by atoms with Crippen LogP contribution in [0.25, 0.3) is 6.08 Å². The number of nitrogens with zero attached hydrogens (tertiary/aromatic N) is 1. The summed E-state index contributed by atoms with van der Waals surface area (Å²) in [6.45, 7) is 0. The van der Waals surface area contributed by atoms with Gasteiger partial charge in [0.15, 0.2) is 0 Å². The molecule has 0 aliphatic rings. The lowest BCUT2D eigenvalue weighted by atomic mass is 10.1. The third-order valence-electron chi connectivity index (χ3n) is 2.49. The van der Waals surface area contributed by atoms with Crippen molar-refractivity contribution < 1.29 is 4.84 Å². The molecule has 2 rings (SSSR count). The Hall–Kier alpha value is -2.35. The van der Waals surface area contributed by atoms with Gasteiger partial charge < -0.3 is 4.84 Å². The Morgan fingerprint density at radius 2 is 1.56 bits per heavy atom. The van der Waals surface area contributed by atoms with E-state index >= 15 is 0 Å². The Kier molecular flexibility index (Phi) is 4.31. The molecule has 0 bridgehead atoms. The summed E-state index contributed by atoms with van der Waals surface area (Å²) in [5.41, 5.74) is 2.98. The van der Waals surface area contributed by atoms with E-state index < -0.39 is 0 Å². The molecule has 0 atom stereocenters. The first-order valence-corrected chi connectivity index (χ1v) is 5.80. The highest BCUT2D eigenvalue weighted by atomic mass is 16.6. The van der Waals surface area contributed by atoms with E-state index in [1.165, 1.54) is 0 Å². The third-order valence-corrected chi connectivity index (χ3v) is 2.49. The predicted octanol–water partition coefficient (Wildman–Crippen LogP) is 3.75. The molecule has 0 fully saturated rings. The van der Waals surface area contributed by atoms with Crippen molar-refractivity contribution >= 4 is 11.8 Å². The number of rotatable bonds is 4. The molecule has 0 aliphatic heterocycles. The average molecular weight is 237 g/mol. The zero-order valence-electron chi connectivity index (χ0n) is 10.3. The van der Waals surface area contributed by atoms with Crippen molar-refractivity contribution in [1.82, 2.24) is 0 Å². The smallest absolute Gasteiger partial charge is 0.110 e. The summed E-state index contributed by atoms with van der Waals surface area (Å²) < 4.78 is 0. The summed E-state index contributed by atoms with van der Waals surface area (Å²) in [7, 11) is 1.55. The summed E-state index contributed by atoms with van der Waals surface area (Å²) in [5, 5.41) is 4.04. The van der Waals surface area contributed by atoms with Gasteiger partial charge in [0, 0.05) is 5.56 Å². The molecule has 0 aromatic heterocycles. The predicted molar refractivity (Wildman–Crippen MR) is 75.5 cm³/mol. The number of hydrogen-bond donors (Lipinski definition) is 0. The third kappa shape index (κ3) is 3.32. The van der Waals surface area contributed by atoms with Crippen molar-refractivity contribution in [2.75, 3.05) is 7.11 Å². The topological polar surface area (TPSA) is 21.6 Å². The first kappa shape index (κ1) is 12.1. The van der Waals surface area contributed by atoms with Gasteiger partial charge in [0.25, 0.3) is 0 Å². The lowest BCUT2D eigenvalue weighted by Gasteiger charge is -2.00. The molecular weight excluding hydrogens is 222 g/mol. The van der Waals surface area contributed by atoms with Gasteiger partial charge in [-0.1, -0.05) is 71.9 Å². The molecule has 0 amide bonds. The summed E-state index contributed by atoms with van der Waals surface area (Å²) in [4.78, 5) is 4.88. The molecule has 2 aromatic rings. The molecule has 0 N–H and O–H groups in total. The van der Waals surface area contributed by atoms with E-state index in [9.17, 15) is 0 Å². The number of benzene rings is 2. The lowest BCUT2D eigenvalue weighted by molar-refractivity contribution is 0.214. The molecule has 0 unspecified atom stereocenters. The second kappa shape index (κ2) is 6.40. The van der Waals surface area contributed by atoms with Crippen LogP contribution < -0.4 is 0 Å². The molecule has 2 heteroatoms. The van der Waals surface area contributed by atoms with E-state index in [0.29, 0.717) is 0 Å². The Morgan fingerprint density at radius 1 is 0.944 bits per heavy atom. The van der Waals surface area contributed by atoms with Crippen molar-refractivity contribution in [2.45, 2.75) is 0 Å². The Bertz CT molecular complexity index is 530. The zero-order chi connectivity index (χ0) is 12.6. The fraction of sp³-hybridized carbons (Fsp3) is 0.0625. The second-order valence-electron chi connectivity index (χ2n) is 3.77. The summed E-state index contributed by atoms with van der Waals surface area (Å²) in [6.07, 6.45) is 3.97. The molecule has 0 radical (unpaired) electrons. The number of hydrogen-bond acceptors (Lipinski definition) is 2. The quantitative estimate of drug-likeness (QED) is 0.586. The van der Waals surface area contributed by atoms with Crippen LogP contribution in [0.15, 0.2) is 71.9 Å². The molecule has 90 valence electrons. The van der Waals surface area contributed by atoms with Gasteiger partial charge in [-0.3, -0.25) is 0 Å². The highest BCUT2D eigenvalue weighted by molar-refractivity contribution is 6.10. The van der Waals surface area contributed by atoms with E-state index in [0.717, 1.165) is 16.8 Å². The highest BCUT2D eigenvalue weighted by Crippen LogP contribution is 2.06.